The molecule has 26 heavy (non-hydrogen) atoms. The summed E-state index contributed by atoms with van der Waals surface area (Å²) in [6.07, 6.45) is 0. The van der Waals surface area contributed by atoms with Crippen LogP contribution in [0.15, 0.2) is 36.4 Å². The van der Waals surface area contributed by atoms with Gasteiger partial charge in [-0.05, 0) is 36.8 Å². The maximum absolute atomic E-state index is 13.3. The van der Waals surface area contributed by atoms with Gasteiger partial charge in [-0.25, -0.2) is 4.39 Å². The fraction of sp³-hybridized carbons (Fsp3) is 0.167. The van der Waals surface area contributed by atoms with Gasteiger partial charge in [0, 0.05) is 23.2 Å². The van der Waals surface area contributed by atoms with E-state index in [1.54, 1.807) is 19.1 Å². The van der Waals surface area contributed by atoms with Crippen LogP contribution in [0.3, 0.4) is 0 Å². The summed E-state index contributed by atoms with van der Waals surface area (Å²) in [5.41, 5.74) is 12.2. The number of rotatable bonds is 7. The third-order valence-corrected chi connectivity index (χ3v) is 3.61. The van der Waals surface area contributed by atoms with Crippen molar-refractivity contribution in [3.8, 4) is 5.75 Å². The molecule has 0 aliphatic heterocycles. The number of benzene rings is 2. The van der Waals surface area contributed by atoms with E-state index in [0.717, 1.165) is 0 Å². The molecule has 0 atom stereocenters. The number of primary amides is 1. The second-order valence-electron chi connectivity index (χ2n) is 5.64. The van der Waals surface area contributed by atoms with Gasteiger partial charge in [-0.15, -0.1) is 0 Å². The van der Waals surface area contributed by atoms with E-state index in [0.29, 0.717) is 22.3 Å². The Kier molecular flexibility index (Phi) is 5.90. The number of halogens is 1. The van der Waals surface area contributed by atoms with Crippen molar-refractivity contribution in [2.24, 2.45) is 11.5 Å². The first-order valence-corrected chi connectivity index (χ1v) is 7.70. The summed E-state index contributed by atoms with van der Waals surface area (Å²) in [6.45, 7) is 1.32. The Hall–Kier alpha value is -3.42. The summed E-state index contributed by atoms with van der Waals surface area (Å²) in [7, 11) is 0. The number of carbonyl (C=O) groups is 2. The van der Waals surface area contributed by atoms with Crippen LogP contribution in [0.5, 0.6) is 5.75 Å². The summed E-state index contributed by atoms with van der Waals surface area (Å²) in [6, 6.07) is 8.80. The zero-order valence-electron chi connectivity index (χ0n) is 14.1. The number of carbonyl (C=O) groups excluding carboxylic acids is 2. The normalized spacial score (nSPS) is 10.2. The maximum atomic E-state index is 13.3. The van der Waals surface area contributed by atoms with E-state index in [1.807, 2.05) is 0 Å². The number of amides is 2. The molecular formula is C18H19FN4O3. The lowest BCUT2D eigenvalue weighted by molar-refractivity contribution is -0.119. The van der Waals surface area contributed by atoms with Crippen molar-refractivity contribution in [2.75, 3.05) is 6.61 Å². The molecule has 0 spiro atoms. The average Bonchev–Trinajstić information content (AvgIpc) is 2.60. The fourth-order valence-corrected chi connectivity index (χ4v) is 2.21. The fourth-order valence-electron chi connectivity index (χ4n) is 2.21. The van der Waals surface area contributed by atoms with Gasteiger partial charge in [0.05, 0.1) is 0 Å². The summed E-state index contributed by atoms with van der Waals surface area (Å²) in [5.74, 6) is -1.30. The highest BCUT2D eigenvalue weighted by molar-refractivity contribution is 5.96. The van der Waals surface area contributed by atoms with Crippen molar-refractivity contribution in [1.82, 2.24) is 5.32 Å². The van der Waals surface area contributed by atoms with Crippen LogP contribution in [0.4, 0.5) is 4.39 Å². The molecule has 0 radical (unpaired) electrons. The maximum Gasteiger partial charge on any atom is 0.255 e. The van der Waals surface area contributed by atoms with Crippen molar-refractivity contribution in [2.45, 2.75) is 13.5 Å². The molecule has 7 nitrogen and oxygen atoms in total. The molecule has 0 aliphatic carbocycles. The quantitative estimate of drug-likeness (QED) is 0.437. The number of hydrogen-bond donors (Lipinski definition) is 4. The number of nitrogens with one attached hydrogen (secondary N) is 2. The third kappa shape index (κ3) is 4.79. The van der Waals surface area contributed by atoms with Gasteiger partial charge < -0.3 is 21.5 Å². The molecular weight excluding hydrogens is 339 g/mol. The molecule has 0 heterocycles. The average molecular weight is 358 g/mol. The predicted molar refractivity (Wildman–Crippen MR) is 94.5 cm³/mol. The summed E-state index contributed by atoms with van der Waals surface area (Å²) < 4.78 is 18.6. The smallest absolute Gasteiger partial charge is 0.255 e. The molecule has 2 amide bonds. The first-order chi connectivity index (χ1) is 12.3. The molecule has 0 aromatic heterocycles. The van der Waals surface area contributed by atoms with Crippen LogP contribution < -0.4 is 21.5 Å². The van der Waals surface area contributed by atoms with Gasteiger partial charge >= 0.3 is 0 Å². The van der Waals surface area contributed by atoms with Crippen molar-refractivity contribution in [1.29, 1.82) is 5.41 Å². The minimum absolute atomic E-state index is 0.0987. The standard InChI is InChI=1S/C18H19FN4O3/c1-10-6-12(4-5-14(10)19)18(25)23-8-13-3-2-11(17(21)22)7-15(13)26-9-16(20)24/h2-7H,8-9H2,1H3,(H2,20,24)(H3,21,22)(H,23,25). The number of hydrogen-bond acceptors (Lipinski definition) is 4. The van der Waals surface area contributed by atoms with Gasteiger partial charge in [-0.2, -0.15) is 0 Å². The lowest BCUT2D eigenvalue weighted by Crippen LogP contribution is -2.24. The first kappa shape index (κ1) is 18.9. The highest BCUT2D eigenvalue weighted by Gasteiger charge is 2.12. The minimum Gasteiger partial charge on any atom is -0.483 e. The summed E-state index contributed by atoms with van der Waals surface area (Å²) >= 11 is 0. The monoisotopic (exact) mass is 358 g/mol. The van der Waals surface area contributed by atoms with Gasteiger partial charge in [-0.3, -0.25) is 15.0 Å². The van der Waals surface area contributed by atoms with Gasteiger partial charge in [0.1, 0.15) is 17.4 Å². The van der Waals surface area contributed by atoms with E-state index >= 15 is 0 Å². The Morgan fingerprint density at radius 1 is 1.15 bits per heavy atom. The first-order valence-electron chi connectivity index (χ1n) is 7.70. The van der Waals surface area contributed by atoms with E-state index in [4.69, 9.17) is 21.6 Å². The topological polar surface area (TPSA) is 131 Å². The van der Waals surface area contributed by atoms with E-state index < -0.39 is 5.91 Å². The van der Waals surface area contributed by atoms with Crippen molar-refractivity contribution < 1.29 is 18.7 Å². The Morgan fingerprint density at radius 3 is 2.46 bits per heavy atom. The van der Waals surface area contributed by atoms with Gasteiger partial charge in [0.2, 0.25) is 0 Å². The second-order valence-corrected chi connectivity index (χ2v) is 5.64. The molecule has 0 saturated heterocycles. The zero-order valence-corrected chi connectivity index (χ0v) is 14.1. The van der Waals surface area contributed by atoms with Crippen molar-refractivity contribution in [3.63, 3.8) is 0 Å². The van der Waals surface area contributed by atoms with Crippen LogP contribution in [-0.2, 0) is 11.3 Å². The van der Waals surface area contributed by atoms with Crippen molar-refractivity contribution >= 4 is 17.6 Å². The molecule has 0 saturated carbocycles. The molecule has 2 aromatic rings. The number of ether oxygens (including phenoxy) is 1. The largest absolute Gasteiger partial charge is 0.483 e. The Morgan fingerprint density at radius 2 is 1.85 bits per heavy atom. The molecule has 0 bridgehead atoms. The van der Waals surface area contributed by atoms with Crippen LogP contribution in [0.2, 0.25) is 0 Å². The van der Waals surface area contributed by atoms with Crippen molar-refractivity contribution in [3.05, 3.63) is 64.5 Å². The Balaban J connectivity index is 2.16. The lowest BCUT2D eigenvalue weighted by atomic mass is 10.1. The van der Waals surface area contributed by atoms with E-state index in [1.165, 1.54) is 24.3 Å². The number of nitrogen functional groups attached to an aromatic ring is 1. The Bertz CT molecular complexity index is 868. The highest BCUT2D eigenvalue weighted by Crippen LogP contribution is 2.21. The molecule has 0 fully saturated rings. The molecule has 0 unspecified atom stereocenters. The number of amidine groups is 1. The van der Waals surface area contributed by atoms with Crippen LogP contribution in [0, 0.1) is 18.2 Å². The highest BCUT2D eigenvalue weighted by atomic mass is 19.1. The predicted octanol–water partition coefficient (Wildman–Crippen LogP) is 1.21. The van der Waals surface area contributed by atoms with Crippen LogP contribution in [0.25, 0.3) is 0 Å². The SMILES string of the molecule is Cc1cc(C(=O)NCc2ccc(C(=N)N)cc2OCC(N)=O)ccc1F. The molecule has 6 N–H and O–H groups in total. The van der Waals surface area contributed by atoms with Crippen LogP contribution in [0.1, 0.15) is 27.0 Å². The van der Waals surface area contributed by atoms with Gasteiger partial charge in [0.15, 0.2) is 6.61 Å². The number of nitrogens with two attached hydrogens (primary N) is 2. The minimum atomic E-state index is -0.657. The summed E-state index contributed by atoms with van der Waals surface area (Å²) in [5, 5.41) is 10.2. The van der Waals surface area contributed by atoms with Crippen LogP contribution in [-0.4, -0.2) is 24.3 Å². The van der Waals surface area contributed by atoms with E-state index in [9.17, 15) is 14.0 Å². The molecule has 0 aliphatic rings. The zero-order chi connectivity index (χ0) is 19.3. The molecule has 8 heteroatoms. The molecule has 2 rings (SSSR count). The molecule has 136 valence electrons. The molecule has 2 aromatic carbocycles. The van der Waals surface area contributed by atoms with E-state index in [2.05, 4.69) is 5.32 Å². The second kappa shape index (κ2) is 8.11. The lowest BCUT2D eigenvalue weighted by Gasteiger charge is -2.13. The van der Waals surface area contributed by atoms with Gasteiger partial charge in [-0.1, -0.05) is 12.1 Å². The summed E-state index contributed by atoms with van der Waals surface area (Å²) in [4.78, 5) is 23.2. The van der Waals surface area contributed by atoms with Crippen LogP contribution >= 0.6 is 0 Å². The van der Waals surface area contributed by atoms with E-state index in [-0.39, 0.29) is 36.5 Å². The number of aryl methyl sites for hydroxylation is 1. The third-order valence-electron chi connectivity index (χ3n) is 3.61. The van der Waals surface area contributed by atoms with Gasteiger partial charge in [0.25, 0.3) is 11.8 Å². The Labute approximate surface area is 149 Å².